The van der Waals surface area contributed by atoms with Crippen LogP contribution in [0.5, 0.6) is 0 Å². The highest BCUT2D eigenvalue weighted by atomic mass is 14.9. The summed E-state index contributed by atoms with van der Waals surface area (Å²) >= 11 is 0. The molecule has 0 aliphatic heterocycles. The van der Waals surface area contributed by atoms with Gasteiger partial charge in [0.2, 0.25) is 0 Å². The molecule has 0 heterocycles. The summed E-state index contributed by atoms with van der Waals surface area (Å²) in [6.07, 6.45) is 3.25. The summed E-state index contributed by atoms with van der Waals surface area (Å²) in [4.78, 5) is 0. The van der Waals surface area contributed by atoms with Crippen molar-refractivity contribution in [3.8, 4) is 0 Å². The molecule has 0 aromatic heterocycles. The van der Waals surface area contributed by atoms with Gasteiger partial charge in [-0.3, -0.25) is 0 Å². The second kappa shape index (κ2) is 6.06. The minimum Gasteiger partial charge on any atom is -0.355 e. The number of hydrogen-bond donors (Lipinski definition) is 1. The topological polar surface area (TPSA) is 12.0 Å². The third kappa shape index (κ3) is 3.01. The Kier molecular flexibility index (Phi) is 4.19. The molecule has 0 fully saturated rings. The first-order valence-corrected chi connectivity index (χ1v) is 6.39. The zero-order chi connectivity index (χ0) is 12.8. The summed E-state index contributed by atoms with van der Waals surface area (Å²) in [5.74, 6) is 0. The van der Waals surface area contributed by atoms with Crippen LogP contribution < -0.4 is 5.32 Å². The fourth-order valence-electron chi connectivity index (χ4n) is 1.98. The largest absolute Gasteiger partial charge is 0.355 e. The van der Waals surface area contributed by atoms with Crippen LogP contribution >= 0.6 is 0 Å². The Labute approximate surface area is 109 Å². The van der Waals surface area contributed by atoms with Crippen LogP contribution in [0.2, 0.25) is 0 Å². The predicted molar refractivity (Wildman–Crippen MR) is 79.5 cm³/mol. The number of para-hydroxylation sites is 1. The van der Waals surface area contributed by atoms with E-state index in [1.165, 1.54) is 16.8 Å². The summed E-state index contributed by atoms with van der Waals surface area (Å²) in [6, 6.07) is 18.8. The van der Waals surface area contributed by atoms with E-state index in [1.54, 1.807) is 0 Å². The first kappa shape index (κ1) is 12.4. The number of rotatable bonds is 4. The van der Waals surface area contributed by atoms with Crippen molar-refractivity contribution in [3.63, 3.8) is 0 Å². The van der Waals surface area contributed by atoms with E-state index in [4.69, 9.17) is 0 Å². The molecule has 0 atom stereocenters. The lowest BCUT2D eigenvalue weighted by atomic mass is 10.0. The van der Waals surface area contributed by atoms with Crippen LogP contribution in [0.3, 0.4) is 0 Å². The highest BCUT2D eigenvalue weighted by Gasteiger charge is 2.04. The van der Waals surface area contributed by atoms with Gasteiger partial charge < -0.3 is 5.32 Å². The lowest BCUT2D eigenvalue weighted by Crippen LogP contribution is -2.00. The molecule has 2 aromatic carbocycles. The molecule has 0 saturated heterocycles. The molecule has 0 saturated carbocycles. The van der Waals surface area contributed by atoms with Crippen LogP contribution in [0.25, 0.3) is 5.70 Å². The molecule has 1 heteroatoms. The molecule has 0 bridgehead atoms. The molecule has 0 radical (unpaired) electrons. The average molecular weight is 237 g/mol. The molecule has 0 aliphatic carbocycles. The van der Waals surface area contributed by atoms with Crippen LogP contribution in [0, 0.1) is 6.92 Å². The lowest BCUT2D eigenvalue weighted by molar-refractivity contribution is 1.22. The maximum Gasteiger partial charge on any atom is 0.0419 e. The number of allylic oxidation sites excluding steroid dienone is 1. The second-order valence-corrected chi connectivity index (χ2v) is 4.33. The van der Waals surface area contributed by atoms with Gasteiger partial charge in [0, 0.05) is 16.9 Å². The molecule has 0 spiro atoms. The molecule has 2 rings (SSSR count). The maximum absolute atomic E-state index is 3.50. The van der Waals surface area contributed by atoms with E-state index in [1.807, 2.05) is 18.2 Å². The number of hydrogen-bond acceptors (Lipinski definition) is 1. The Morgan fingerprint density at radius 3 is 2.33 bits per heavy atom. The Morgan fingerprint density at radius 1 is 1.00 bits per heavy atom. The number of nitrogens with one attached hydrogen (secondary N) is 1. The Balaban J connectivity index is 2.31. The number of anilines is 1. The third-order valence-corrected chi connectivity index (χ3v) is 2.90. The fraction of sp³-hybridized carbons (Fsp3) is 0.176. The van der Waals surface area contributed by atoms with Gasteiger partial charge >= 0.3 is 0 Å². The summed E-state index contributed by atoms with van der Waals surface area (Å²) < 4.78 is 0. The number of aryl methyl sites for hydroxylation is 1. The minimum absolute atomic E-state index is 1.02. The van der Waals surface area contributed by atoms with Crippen LogP contribution in [0.4, 0.5) is 5.69 Å². The van der Waals surface area contributed by atoms with Gasteiger partial charge in [0.1, 0.15) is 0 Å². The molecule has 92 valence electrons. The Bertz CT molecular complexity index is 526. The standard InChI is InChI=1S/C17H19N/c1-3-9-17(16-13-8-7-10-14(16)2)18-15-11-5-4-6-12-15/h4-13,18H,3H2,1-2H3/b17-9+. The zero-order valence-electron chi connectivity index (χ0n) is 11.0. The second-order valence-electron chi connectivity index (χ2n) is 4.33. The Morgan fingerprint density at radius 2 is 1.67 bits per heavy atom. The van der Waals surface area contributed by atoms with Gasteiger partial charge in [0.15, 0.2) is 0 Å². The van der Waals surface area contributed by atoms with Crippen LogP contribution in [-0.4, -0.2) is 0 Å². The van der Waals surface area contributed by atoms with Crippen molar-refractivity contribution in [3.05, 3.63) is 71.8 Å². The van der Waals surface area contributed by atoms with E-state index in [0.29, 0.717) is 0 Å². The summed E-state index contributed by atoms with van der Waals surface area (Å²) in [5.41, 5.74) is 4.87. The molecular weight excluding hydrogens is 218 g/mol. The van der Waals surface area contributed by atoms with Gasteiger partial charge in [-0.05, 0) is 31.0 Å². The highest BCUT2D eigenvalue weighted by Crippen LogP contribution is 2.21. The molecule has 18 heavy (non-hydrogen) atoms. The third-order valence-electron chi connectivity index (χ3n) is 2.90. The summed E-state index contributed by atoms with van der Waals surface area (Å²) in [6.45, 7) is 4.30. The zero-order valence-corrected chi connectivity index (χ0v) is 11.0. The van der Waals surface area contributed by atoms with Crippen LogP contribution in [-0.2, 0) is 0 Å². The van der Waals surface area contributed by atoms with Crippen molar-refractivity contribution in [2.75, 3.05) is 5.32 Å². The lowest BCUT2D eigenvalue weighted by Gasteiger charge is -2.13. The van der Waals surface area contributed by atoms with Gasteiger partial charge in [-0.1, -0.05) is 55.5 Å². The van der Waals surface area contributed by atoms with Gasteiger partial charge in [-0.15, -0.1) is 0 Å². The first-order valence-electron chi connectivity index (χ1n) is 6.39. The SMILES string of the molecule is CC/C=C(/Nc1ccccc1)c1ccccc1C. The molecule has 2 aromatic rings. The summed E-state index contributed by atoms with van der Waals surface area (Å²) in [7, 11) is 0. The van der Waals surface area contributed by atoms with E-state index < -0.39 is 0 Å². The highest BCUT2D eigenvalue weighted by molar-refractivity contribution is 5.78. The van der Waals surface area contributed by atoms with Gasteiger partial charge in [0.05, 0.1) is 0 Å². The van der Waals surface area contributed by atoms with Crippen LogP contribution in [0.1, 0.15) is 24.5 Å². The quantitative estimate of drug-likeness (QED) is 0.800. The van der Waals surface area contributed by atoms with Crippen molar-refractivity contribution in [2.24, 2.45) is 0 Å². The monoisotopic (exact) mass is 237 g/mol. The minimum atomic E-state index is 1.02. The first-order chi connectivity index (χ1) is 8.81. The molecule has 0 unspecified atom stereocenters. The normalized spacial score (nSPS) is 11.3. The van der Waals surface area contributed by atoms with E-state index in [-0.39, 0.29) is 0 Å². The average Bonchev–Trinajstić information content (AvgIpc) is 2.40. The number of benzene rings is 2. The van der Waals surface area contributed by atoms with Gasteiger partial charge in [-0.25, -0.2) is 0 Å². The van der Waals surface area contributed by atoms with Crippen molar-refractivity contribution in [1.82, 2.24) is 0 Å². The van der Waals surface area contributed by atoms with Gasteiger partial charge in [0.25, 0.3) is 0 Å². The predicted octanol–water partition coefficient (Wildman–Crippen LogP) is 4.86. The Hall–Kier alpha value is -2.02. The van der Waals surface area contributed by atoms with E-state index >= 15 is 0 Å². The molecule has 1 N–H and O–H groups in total. The van der Waals surface area contributed by atoms with E-state index in [9.17, 15) is 0 Å². The van der Waals surface area contributed by atoms with Crippen molar-refractivity contribution in [2.45, 2.75) is 20.3 Å². The summed E-state index contributed by atoms with van der Waals surface area (Å²) in [5, 5.41) is 3.50. The van der Waals surface area contributed by atoms with Crippen molar-refractivity contribution < 1.29 is 0 Å². The van der Waals surface area contributed by atoms with E-state index in [2.05, 4.69) is 61.6 Å². The van der Waals surface area contributed by atoms with Crippen LogP contribution in [0.15, 0.2) is 60.7 Å². The molecule has 0 aliphatic rings. The van der Waals surface area contributed by atoms with Crippen molar-refractivity contribution >= 4 is 11.4 Å². The smallest absolute Gasteiger partial charge is 0.0419 e. The maximum atomic E-state index is 3.50. The molecule has 1 nitrogen and oxygen atoms in total. The van der Waals surface area contributed by atoms with Crippen molar-refractivity contribution in [1.29, 1.82) is 0 Å². The molecular formula is C17H19N. The van der Waals surface area contributed by atoms with E-state index in [0.717, 1.165) is 12.1 Å². The fourth-order valence-corrected chi connectivity index (χ4v) is 1.98. The van der Waals surface area contributed by atoms with Gasteiger partial charge in [-0.2, -0.15) is 0 Å². The molecule has 0 amide bonds.